The summed E-state index contributed by atoms with van der Waals surface area (Å²) in [5, 5.41) is 62.7. The number of methoxy groups -OCH3 is 2. The molecular weight excluding hydrogens is 664 g/mol. The Morgan fingerprint density at radius 1 is 0.800 bits per heavy atom. The van der Waals surface area contributed by atoms with Gasteiger partial charge in [0.15, 0.2) is 23.4 Å². The lowest BCUT2D eigenvalue weighted by atomic mass is 9.99. The summed E-state index contributed by atoms with van der Waals surface area (Å²) in [6, 6.07) is 16.2. The average Bonchev–Trinajstić information content (AvgIpc) is 3.42. The first-order valence-corrected chi connectivity index (χ1v) is 15.4. The maximum atomic E-state index is 12.4. The number of ether oxygens (including phenoxy) is 8. The fourth-order valence-electron chi connectivity index (χ4n) is 5.12. The van der Waals surface area contributed by atoms with Crippen LogP contribution in [0.25, 0.3) is 0 Å². The molecule has 16 nitrogen and oxygen atoms in total. The van der Waals surface area contributed by atoms with E-state index in [4.69, 9.17) is 37.9 Å². The monoisotopic (exact) mass is 702 g/mol. The van der Waals surface area contributed by atoms with Crippen molar-refractivity contribution in [2.75, 3.05) is 34.0 Å². The maximum absolute atomic E-state index is 12.4. The molecule has 0 saturated carbocycles. The fraction of sp³-hybridized carbons (Fsp3) is 0.412. The van der Waals surface area contributed by atoms with Gasteiger partial charge in [0.05, 0.1) is 38.6 Å². The number of hydrogen-bond donors (Lipinski definition) is 6. The largest absolute Gasteiger partial charge is 0.508 e. The van der Waals surface area contributed by atoms with Crippen molar-refractivity contribution in [1.29, 1.82) is 0 Å². The van der Waals surface area contributed by atoms with Gasteiger partial charge in [0.2, 0.25) is 6.29 Å². The Morgan fingerprint density at radius 2 is 1.46 bits per heavy atom. The highest BCUT2D eigenvalue weighted by atomic mass is 16.7. The van der Waals surface area contributed by atoms with Gasteiger partial charge in [0.1, 0.15) is 55.2 Å². The van der Waals surface area contributed by atoms with Crippen molar-refractivity contribution in [2.24, 2.45) is 0 Å². The first-order chi connectivity index (χ1) is 23.9. The number of hydrogen-bond acceptors (Lipinski definition) is 16. The molecule has 0 radical (unpaired) electrons. The highest BCUT2D eigenvalue weighted by Crippen LogP contribution is 2.33. The van der Waals surface area contributed by atoms with Crippen molar-refractivity contribution in [3.8, 4) is 23.0 Å². The van der Waals surface area contributed by atoms with Gasteiger partial charge < -0.3 is 68.5 Å². The average molecular weight is 703 g/mol. The van der Waals surface area contributed by atoms with Crippen LogP contribution < -0.4 is 14.2 Å². The summed E-state index contributed by atoms with van der Waals surface area (Å²) in [4.78, 5) is 24.8. The number of phenols is 1. The zero-order valence-corrected chi connectivity index (χ0v) is 27.0. The van der Waals surface area contributed by atoms with E-state index in [0.717, 1.165) is 0 Å². The first-order valence-electron chi connectivity index (χ1n) is 15.4. The van der Waals surface area contributed by atoms with Crippen LogP contribution in [0.15, 0.2) is 66.7 Å². The van der Waals surface area contributed by atoms with E-state index >= 15 is 0 Å². The van der Waals surface area contributed by atoms with Gasteiger partial charge in [-0.1, -0.05) is 6.07 Å². The Labute approximate surface area is 285 Å². The normalized spacial score (nSPS) is 27.7. The maximum Gasteiger partial charge on any atom is 0.338 e. The van der Waals surface area contributed by atoms with E-state index in [9.17, 15) is 40.2 Å². The van der Waals surface area contributed by atoms with Crippen LogP contribution in [0, 0.1) is 0 Å². The lowest BCUT2D eigenvalue weighted by molar-refractivity contribution is -0.289. The number of phenolic OH excluding ortho intramolecular Hbond substituents is 1. The molecule has 0 bridgehead atoms. The Morgan fingerprint density at radius 3 is 2.12 bits per heavy atom. The summed E-state index contributed by atoms with van der Waals surface area (Å²) in [5.74, 6) is -0.558. The smallest absolute Gasteiger partial charge is 0.338 e. The van der Waals surface area contributed by atoms with Crippen molar-refractivity contribution < 1.29 is 78.1 Å². The molecule has 16 heteroatoms. The van der Waals surface area contributed by atoms with E-state index < -0.39 is 80.5 Å². The molecule has 50 heavy (non-hydrogen) atoms. The number of esters is 2. The van der Waals surface area contributed by atoms with E-state index in [1.807, 2.05) is 0 Å². The van der Waals surface area contributed by atoms with Gasteiger partial charge in [-0.15, -0.1) is 0 Å². The lowest BCUT2D eigenvalue weighted by Crippen LogP contribution is -2.60. The van der Waals surface area contributed by atoms with Gasteiger partial charge in [-0.05, 0) is 66.2 Å². The third-order valence-electron chi connectivity index (χ3n) is 8.12. The van der Waals surface area contributed by atoms with Crippen molar-refractivity contribution in [1.82, 2.24) is 0 Å². The summed E-state index contributed by atoms with van der Waals surface area (Å²) in [7, 11) is 2.88. The molecule has 0 aromatic heterocycles. The lowest BCUT2D eigenvalue weighted by Gasteiger charge is -2.40. The van der Waals surface area contributed by atoms with E-state index in [1.54, 1.807) is 36.4 Å². The van der Waals surface area contributed by atoms with Crippen LogP contribution in [0.1, 0.15) is 26.3 Å². The predicted molar refractivity (Wildman–Crippen MR) is 167 cm³/mol. The zero-order chi connectivity index (χ0) is 36.0. The van der Waals surface area contributed by atoms with Crippen molar-refractivity contribution in [2.45, 2.75) is 55.3 Å². The Balaban J connectivity index is 1.15. The van der Waals surface area contributed by atoms with E-state index in [-0.39, 0.29) is 29.4 Å². The highest BCUT2D eigenvalue weighted by molar-refractivity contribution is 5.90. The van der Waals surface area contributed by atoms with Crippen molar-refractivity contribution in [3.05, 3.63) is 83.4 Å². The second-order valence-corrected chi connectivity index (χ2v) is 11.6. The number of aliphatic hydroxyl groups is 5. The molecule has 2 aliphatic heterocycles. The summed E-state index contributed by atoms with van der Waals surface area (Å²) in [6.45, 7) is -1.72. The summed E-state index contributed by atoms with van der Waals surface area (Å²) in [5.41, 5.74) is -1.06. The highest BCUT2D eigenvalue weighted by Gasteiger charge is 2.51. The minimum Gasteiger partial charge on any atom is -0.508 e. The van der Waals surface area contributed by atoms with Crippen LogP contribution >= 0.6 is 0 Å². The fourth-order valence-corrected chi connectivity index (χ4v) is 5.12. The molecule has 0 amide bonds. The van der Waals surface area contributed by atoms with Gasteiger partial charge in [0, 0.05) is 0 Å². The van der Waals surface area contributed by atoms with E-state index in [1.165, 1.54) is 44.6 Å². The topological polar surface area (TPSA) is 229 Å². The Bertz CT molecular complexity index is 1600. The molecule has 5 rings (SSSR count). The number of aliphatic hydroxyl groups excluding tert-OH is 4. The molecule has 0 unspecified atom stereocenters. The number of aromatic hydroxyl groups is 1. The van der Waals surface area contributed by atoms with Gasteiger partial charge in [-0.2, -0.15) is 0 Å². The van der Waals surface area contributed by atoms with Crippen LogP contribution in [0.2, 0.25) is 0 Å². The molecule has 2 aliphatic rings. The molecule has 2 fully saturated rings. The van der Waals surface area contributed by atoms with Crippen molar-refractivity contribution >= 4 is 11.9 Å². The van der Waals surface area contributed by atoms with Gasteiger partial charge in [0.25, 0.3) is 0 Å². The Hall–Kier alpha value is -4.52. The molecule has 0 aliphatic carbocycles. The second kappa shape index (κ2) is 16.0. The van der Waals surface area contributed by atoms with Gasteiger partial charge >= 0.3 is 11.9 Å². The quantitative estimate of drug-likeness (QED) is 0.131. The minimum atomic E-state index is -2.04. The van der Waals surface area contributed by atoms with E-state index in [0.29, 0.717) is 16.9 Å². The van der Waals surface area contributed by atoms with Crippen molar-refractivity contribution in [3.63, 3.8) is 0 Å². The summed E-state index contributed by atoms with van der Waals surface area (Å²) >= 11 is 0. The molecule has 270 valence electrons. The molecule has 3 aromatic rings. The molecule has 2 saturated heterocycles. The Kier molecular flexibility index (Phi) is 11.8. The molecule has 8 atom stereocenters. The van der Waals surface area contributed by atoms with Crippen LogP contribution in [0.5, 0.6) is 23.0 Å². The number of benzene rings is 3. The zero-order valence-electron chi connectivity index (χ0n) is 27.0. The number of rotatable bonds is 13. The standard InChI is InChI=1S/C34H38O16/c1-43-22-10-6-20(7-11-22)30(40)45-14-18-3-12-23(24(13-18)44-2)49-32-28(38)27(37)26(36)25(50-32)15-46-33-29(39)34(42,17-48-33)16-47-31(41)19-4-8-21(35)9-5-19/h3-13,25-29,32-33,35-39,42H,14-17H2,1-2H3/t25-,26-,27+,28-,29+,32-,33-,34-/m1/s1. The predicted octanol–water partition coefficient (Wildman–Crippen LogP) is 0.275. The third kappa shape index (κ3) is 8.43. The minimum absolute atomic E-state index is 0.0522. The summed E-state index contributed by atoms with van der Waals surface area (Å²) in [6.07, 6.45) is -11.1. The second-order valence-electron chi connectivity index (χ2n) is 11.6. The van der Waals surface area contributed by atoms with Gasteiger partial charge in [-0.3, -0.25) is 0 Å². The third-order valence-corrected chi connectivity index (χ3v) is 8.12. The molecule has 3 aromatic carbocycles. The summed E-state index contributed by atoms with van der Waals surface area (Å²) < 4.78 is 43.4. The number of carbonyl (C=O) groups is 2. The van der Waals surface area contributed by atoms with E-state index in [2.05, 4.69) is 0 Å². The molecular formula is C34H38O16. The number of carbonyl (C=O) groups excluding carboxylic acids is 2. The molecule has 6 N–H and O–H groups in total. The van der Waals surface area contributed by atoms with Crippen LogP contribution in [-0.2, 0) is 30.3 Å². The van der Waals surface area contributed by atoms with Crippen LogP contribution in [0.4, 0.5) is 0 Å². The first kappa shape index (κ1) is 36.8. The van der Waals surface area contributed by atoms with Crippen LogP contribution in [0.3, 0.4) is 0 Å². The molecule has 0 spiro atoms. The molecule has 2 heterocycles. The van der Waals surface area contributed by atoms with Gasteiger partial charge in [-0.25, -0.2) is 9.59 Å². The van der Waals surface area contributed by atoms with Crippen LogP contribution in [-0.4, -0.2) is 125 Å². The SMILES string of the molecule is COc1ccc(C(=O)OCc2ccc(O[C@@H]3O[C@H](CO[C@@H]4OC[C@](O)(COC(=O)c5ccc(O)cc5)[C@H]4O)[C@@H](O)[C@H](O)[C@H]3O)c(OC)c2)cc1.